The molecule has 5 nitrogen and oxygen atoms in total. The standard InChI is InChI=1S/C12H23N5/c1-8-10(9(2)17(6)16-8)7-14-11(13)15-12(3,4)5/h7H2,1-6H3,(H3,13,14,15). The number of aryl methyl sites for hydroxylation is 2. The van der Waals surface area contributed by atoms with Crippen molar-refractivity contribution >= 4 is 5.96 Å². The smallest absolute Gasteiger partial charge is 0.189 e. The monoisotopic (exact) mass is 237 g/mol. The molecule has 1 heterocycles. The molecule has 0 aliphatic heterocycles. The topological polar surface area (TPSA) is 68.2 Å². The summed E-state index contributed by atoms with van der Waals surface area (Å²) in [5.74, 6) is 0.472. The van der Waals surface area contributed by atoms with Crippen molar-refractivity contribution in [1.29, 1.82) is 0 Å². The van der Waals surface area contributed by atoms with Crippen LogP contribution in [0, 0.1) is 13.8 Å². The largest absolute Gasteiger partial charge is 0.370 e. The van der Waals surface area contributed by atoms with Gasteiger partial charge in [-0.15, -0.1) is 0 Å². The number of nitrogens with two attached hydrogens (primary N) is 1. The predicted molar refractivity (Wildman–Crippen MR) is 70.9 cm³/mol. The van der Waals surface area contributed by atoms with Crippen LogP contribution >= 0.6 is 0 Å². The van der Waals surface area contributed by atoms with Gasteiger partial charge in [0, 0.05) is 23.8 Å². The summed E-state index contributed by atoms with van der Waals surface area (Å²) in [5.41, 5.74) is 9.05. The summed E-state index contributed by atoms with van der Waals surface area (Å²) in [6, 6.07) is 0. The van der Waals surface area contributed by atoms with Gasteiger partial charge in [0.05, 0.1) is 12.2 Å². The van der Waals surface area contributed by atoms with Crippen LogP contribution in [0.2, 0.25) is 0 Å². The van der Waals surface area contributed by atoms with E-state index < -0.39 is 0 Å². The fourth-order valence-electron chi connectivity index (χ4n) is 1.63. The Morgan fingerprint density at radius 1 is 1.41 bits per heavy atom. The fraction of sp³-hybridized carbons (Fsp3) is 0.667. The Hall–Kier alpha value is -1.52. The molecular formula is C12H23N5. The maximum atomic E-state index is 5.83. The zero-order chi connectivity index (χ0) is 13.2. The van der Waals surface area contributed by atoms with Crippen molar-refractivity contribution in [2.75, 3.05) is 0 Å². The predicted octanol–water partition coefficient (Wildman–Crippen LogP) is 1.24. The van der Waals surface area contributed by atoms with E-state index in [-0.39, 0.29) is 5.54 Å². The SMILES string of the molecule is Cc1nn(C)c(C)c1CN=C(N)NC(C)(C)C. The van der Waals surface area contributed by atoms with Crippen molar-refractivity contribution in [1.82, 2.24) is 15.1 Å². The van der Waals surface area contributed by atoms with Crippen LogP contribution in [0.1, 0.15) is 37.7 Å². The summed E-state index contributed by atoms with van der Waals surface area (Å²) in [6.07, 6.45) is 0. The minimum atomic E-state index is -0.0629. The lowest BCUT2D eigenvalue weighted by Crippen LogP contribution is -2.45. The molecule has 0 unspecified atom stereocenters. The Morgan fingerprint density at radius 2 is 2.00 bits per heavy atom. The van der Waals surface area contributed by atoms with Gasteiger partial charge in [-0.2, -0.15) is 5.10 Å². The number of nitrogens with zero attached hydrogens (tertiary/aromatic N) is 3. The molecule has 0 aliphatic carbocycles. The highest BCUT2D eigenvalue weighted by Crippen LogP contribution is 2.12. The van der Waals surface area contributed by atoms with Gasteiger partial charge in [0.2, 0.25) is 0 Å². The third kappa shape index (κ3) is 3.76. The van der Waals surface area contributed by atoms with Crippen LogP contribution in [0.4, 0.5) is 0 Å². The van der Waals surface area contributed by atoms with Gasteiger partial charge in [0.15, 0.2) is 5.96 Å². The molecule has 0 atom stereocenters. The highest BCUT2D eigenvalue weighted by Gasteiger charge is 2.11. The maximum Gasteiger partial charge on any atom is 0.189 e. The van der Waals surface area contributed by atoms with Crippen molar-refractivity contribution in [3.8, 4) is 0 Å². The van der Waals surface area contributed by atoms with Crippen LogP contribution in [-0.4, -0.2) is 21.3 Å². The molecule has 1 rings (SSSR count). The highest BCUT2D eigenvalue weighted by atomic mass is 15.3. The van der Waals surface area contributed by atoms with Crippen molar-refractivity contribution < 1.29 is 0 Å². The Bertz CT molecular complexity index is 423. The van der Waals surface area contributed by atoms with Gasteiger partial charge in [-0.25, -0.2) is 4.99 Å². The molecule has 0 saturated heterocycles. The second-order valence-corrected chi connectivity index (χ2v) is 5.35. The molecule has 0 aromatic carbocycles. The van der Waals surface area contributed by atoms with E-state index in [1.54, 1.807) is 0 Å². The van der Waals surface area contributed by atoms with E-state index in [4.69, 9.17) is 5.73 Å². The Balaban J connectivity index is 2.76. The van der Waals surface area contributed by atoms with Gasteiger partial charge in [0.1, 0.15) is 0 Å². The quantitative estimate of drug-likeness (QED) is 0.600. The molecule has 0 spiro atoms. The first-order valence-corrected chi connectivity index (χ1v) is 5.78. The molecule has 0 aliphatic rings. The molecule has 0 bridgehead atoms. The van der Waals surface area contributed by atoms with Crippen molar-refractivity contribution in [3.63, 3.8) is 0 Å². The average Bonchev–Trinajstić information content (AvgIpc) is 2.36. The van der Waals surface area contributed by atoms with Crippen LogP contribution < -0.4 is 11.1 Å². The van der Waals surface area contributed by atoms with Crippen molar-refractivity contribution in [2.45, 2.75) is 46.7 Å². The summed E-state index contributed by atoms with van der Waals surface area (Å²) < 4.78 is 1.87. The van der Waals surface area contributed by atoms with Gasteiger partial charge in [-0.1, -0.05) is 0 Å². The second kappa shape index (κ2) is 4.77. The second-order valence-electron chi connectivity index (χ2n) is 5.35. The zero-order valence-corrected chi connectivity index (χ0v) is 11.6. The molecule has 5 heteroatoms. The van der Waals surface area contributed by atoms with Gasteiger partial charge in [0.25, 0.3) is 0 Å². The van der Waals surface area contributed by atoms with Crippen LogP contribution in [0.25, 0.3) is 0 Å². The Kier molecular flexibility index (Phi) is 3.80. The lowest BCUT2D eigenvalue weighted by atomic mass is 10.1. The van der Waals surface area contributed by atoms with Crippen LogP contribution in [-0.2, 0) is 13.6 Å². The first-order valence-electron chi connectivity index (χ1n) is 5.78. The van der Waals surface area contributed by atoms with E-state index in [9.17, 15) is 0 Å². The van der Waals surface area contributed by atoms with E-state index >= 15 is 0 Å². The van der Waals surface area contributed by atoms with Crippen molar-refractivity contribution in [3.05, 3.63) is 17.0 Å². The van der Waals surface area contributed by atoms with Gasteiger partial charge in [-0.05, 0) is 34.6 Å². The van der Waals surface area contributed by atoms with E-state index in [0.717, 1.165) is 17.0 Å². The number of nitrogens with one attached hydrogen (secondary N) is 1. The number of guanidine groups is 1. The van der Waals surface area contributed by atoms with Crippen LogP contribution in [0.15, 0.2) is 4.99 Å². The van der Waals surface area contributed by atoms with E-state index in [1.165, 1.54) is 0 Å². The maximum absolute atomic E-state index is 5.83. The molecule has 0 saturated carbocycles. The highest BCUT2D eigenvalue weighted by molar-refractivity contribution is 5.78. The molecule has 0 fully saturated rings. The summed E-state index contributed by atoms with van der Waals surface area (Å²) in [7, 11) is 1.94. The lowest BCUT2D eigenvalue weighted by Gasteiger charge is -2.20. The average molecular weight is 237 g/mol. The molecule has 0 amide bonds. The summed E-state index contributed by atoms with van der Waals surface area (Å²) >= 11 is 0. The number of hydrogen-bond donors (Lipinski definition) is 2. The van der Waals surface area contributed by atoms with E-state index in [2.05, 4.69) is 36.2 Å². The lowest BCUT2D eigenvalue weighted by molar-refractivity contribution is 0.508. The van der Waals surface area contributed by atoms with E-state index in [1.807, 2.05) is 25.6 Å². The summed E-state index contributed by atoms with van der Waals surface area (Å²) in [4.78, 5) is 4.34. The normalized spacial score (nSPS) is 12.9. The fourth-order valence-corrected chi connectivity index (χ4v) is 1.63. The first-order chi connectivity index (χ1) is 7.70. The number of aromatic nitrogens is 2. The van der Waals surface area contributed by atoms with Crippen LogP contribution in [0.5, 0.6) is 0 Å². The molecule has 96 valence electrons. The number of rotatable bonds is 2. The van der Waals surface area contributed by atoms with Crippen LogP contribution in [0.3, 0.4) is 0 Å². The Labute approximate surface area is 103 Å². The molecule has 1 aromatic rings. The van der Waals surface area contributed by atoms with Crippen molar-refractivity contribution in [2.24, 2.45) is 17.8 Å². The third-order valence-corrected chi connectivity index (χ3v) is 2.57. The van der Waals surface area contributed by atoms with Gasteiger partial charge < -0.3 is 11.1 Å². The Morgan fingerprint density at radius 3 is 2.41 bits per heavy atom. The number of aliphatic imine (C=N–C) groups is 1. The molecule has 1 aromatic heterocycles. The first kappa shape index (κ1) is 13.5. The minimum absolute atomic E-state index is 0.0629. The summed E-state index contributed by atoms with van der Waals surface area (Å²) in [5, 5.41) is 7.48. The zero-order valence-electron chi connectivity index (χ0n) is 11.6. The molecule has 0 radical (unpaired) electrons. The summed E-state index contributed by atoms with van der Waals surface area (Å²) in [6.45, 7) is 10.8. The molecule has 3 N–H and O–H groups in total. The van der Waals surface area contributed by atoms with Gasteiger partial charge in [-0.3, -0.25) is 4.68 Å². The molecular weight excluding hydrogens is 214 g/mol. The third-order valence-electron chi connectivity index (χ3n) is 2.57. The minimum Gasteiger partial charge on any atom is -0.370 e. The molecule has 17 heavy (non-hydrogen) atoms. The van der Waals surface area contributed by atoms with E-state index in [0.29, 0.717) is 12.5 Å². The number of hydrogen-bond acceptors (Lipinski definition) is 2. The van der Waals surface area contributed by atoms with Gasteiger partial charge >= 0.3 is 0 Å².